The Balaban J connectivity index is 1.79. The van der Waals surface area contributed by atoms with Gasteiger partial charge in [-0.3, -0.25) is 14.3 Å². The smallest absolute Gasteiger partial charge is 0.383 e. The molecule has 0 unspecified atom stereocenters. The summed E-state index contributed by atoms with van der Waals surface area (Å²) < 4.78 is 39.9. The van der Waals surface area contributed by atoms with E-state index in [0.29, 0.717) is 16.9 Å². The lowest BCUT2D eigenvalue weighted by atomic mass is 10.1. The molecule has 0 radical (unpaired) electrons. The van der Waals surface area contributed by atoms with Gasteiger partial charge in [-0.15, -0.1) is 0 Å². The number of aromatic nitrogens is 2. The second-order valence-corrected chi connectivity index (χ2v) is 6.58. The molecule has 30 heavy (non-hydrogen) atoms. The first-order valence-corrected chi connectivity index (χ1v) is 8.74. The molecule has 1 aromatic heterocycles. The summed E-state index contributed by atoms with van der Waals surface area (Å²) in [7, 11) is 1.60. The molecule has 0 bridgehead atoms. The summed E-state index contributed by atoms with van der Waals surface area (Å²) >= 11 is 0. The molecule has 10 heteroatoms. The Hall–Kier alpha value is -3.82. The Kier molecular flexibility index (Phi) is 5.50. The first kappa shape index (κ1) is 20.9. The van der Waals surface area contributed by atoms with E-state index in [4.69, 9.17) is 5.73 Å². The Labute approximate surface area is 169 Å². The number of nitrogens with zero attached hydrogens (tertiary/aromatic N) is 2. The van der Waals surface area contributed by atoms with Gasteiger partial charge in [0.1, 0.15) is 11.4 Å². The molecule has 0 fully saturated rings. The number of hydrogen-bond donors (Lipinski definition) is 3. The minimum absolute atomic E-state index is 0.140. The molecular weight excluding hydrogens is 399 g/mol. The summed E-state index contributed by atoms with van der Waals surface area (Å²) in [4.78, 5) is 24.8. The number of hydrogen-bond acceptors (Lipinski definition) is 4. The highest BCUT2D eigenvalue weighted by Gasteiger charge is 2.30. The number of anilines is 3. The first-order valence-electron chi connectivity index (χ1n) is 8.74. The lowest BCUT2D eigenvalue weighted by Crippen LogP contribution is -2.16. The molecule has 7 nitrogen and oxygen atoms in total. The predicted molar refractivity (Wildman–Crippen MR) is 106 cm³/mol. The van der Waals surface area contributed by atoms with Crippen molar-refractivity contribution in [1.82, 2.24) is 9.78 Å². The van der Waals surface area contributed by atoms with Crippen molar-refractivity contribution in [3.63, 3.8) is 0 Å². The van der Waals surface area contributed by atoms with E-state index >= 15 is 0 Å². The summed E-state index contributed by atoms with van der Waals surface area (Å²) in [5.74, 6) is -0.997. The zero-order chi connectivity index (χ0) is 22.1. The number of amides is 2. The van der Waals surface area contributed by atoms with Crippen molar-refractivity contribution in [3.8, 4) is 0 Å². The number of alkyl halides is 3. The molecule has 2 aromatic carbocycles. The monoisotopic (exact) mass is 417 g/mol. The molecule has 0 aliphatic carbocycles. The largest absolute Gasteiger partial charge is 0.416 e. The third-order valence-corrected chi connectivity index (χ3v) is 4.42. The van der Waals surface area contributed by atoms with Gasteiger partial charge in [-0.1, -0.05) is 12.1 Å². The molecule has 2 amide bonds. The first-order chi connectivity index (χ1) is 14.1. The van der Waals surface area contributed by atoms with E-state index in [1.54, 1.807) is 26.1 Å². The van der Waals surface area contributed by atoms with Crippen molar-refractivity contribution in [3.05, 3.63) is 70.9 Å². The predicted octanol–water partition coefficient (Wildman–Crippen LogP) is 3.83. The van der Waals surface area contributed by atoms with E-state index in [0.717, 1.165) is 18.2 Å². The fourth-order valence-electron chi connectivity index (χ4n) is 2.69. The molecule has 1 heterocycles. The zero-order valence-electron chi connectivity index (χ0n) is 16.0. The van der Waals surface area contributed by atoms with Gasteiger partial charge >= 0.3 is 6.18 Å². The second-order valence-electron chi connectivity index (χ2n) is 6.58. The highest BCUT2D eigenvalue weighted by atomic mass is 19.4. The average Bonchev–Trinajstić information content (AvgIpc) is 3.02. The maximum absolute atomic E-state index is 12.9. The van der Waals surface area contributed by atoms with Gasteiger partial charge in [-0.05, 0) is 42.8 Å². The van der Waals surface area contributed by atoms with Crippen molar-refractivity contribution < 1.29 is 22.8 Å². The molecule has 0 aliphatic heterocycles. The van der Waals surface area contributed by atoms with Crippen LogP contribution in [-0.4, -0.2) is 21.6 Å². The van der Waals surface area contributed by atoms with Crippen molar-refractivity contribution >= 4 is 29.0 Å². The van der Waals surface area contributed by atoms with Crippen LogP contribution in [0.15, 0.2) is 48.7 Å². The molecule has 0 saturated heterocycles. The summed E-state index contributed by atoms with van der Waals surface area (Å²) in [5.41, 5.74) is 6.36. The second kappa shape index (κ2) is 7.90. The van der Waals surface area contributed by atoms with E-state index < -0.39 is 23.6 Å². The Morgan fingerprint density at radius 1 is 1.07 bits per heavy atom. The Bertz CT molecular complexity index is 1120. The van der Waals surface area contributed by atoms with Crippen molar-refractivity contribution in [2.45, 2.75) is 13.1 Å². The van der Waals surface area contributed by atoms with E-state index in [1.165, 1.54) is 23.0 Å². The highest BCUT2D eigenvalue weighted by molar-refractivity contribution is 6.08. The Morgan fingerprint density at radius 3 is 2.43 bits per heavy atom. The molecular formula is C20H18F3N5O2. The summed E-state index contributed by atoms with van der Waals surface area (Å²) in [6.07, 6.45) is -3.22. The van der Waals surface area contributed by atoms with Crippen molar-refractivity contribution in [2.75, 3.05) is 16.4 Å². The van der Waals surface area contributed by atoms with Gasteiger partial charge in [0.25, 0.3) is 11.8 Å². The Morgan fingerprint density at radius 2 is 1.80 bits per heavy atom. The van der Waals surface area contributed by atoms with Gasteiger partial charge < -0.3 is 16.4 Å². The number of carbonyl (C=O) groups is 2. The van der Waals surface area contributed by atoms with Crippen molar-refractivity contribution in [2.24, 2.45) is 7.05 Å². The third-order valence-electron chi connectivity index (χ3n) is 4.42. The minimum Gasteiger partial charge on any atom is -0.383 e. The normalized spacial score (nSPS) is 11.2. The van der Waals surface area contributed by atoms with E-state index in [-0.39, 0.29) is 16.9 Å². The molecule has 3 rings (SSSR count). The van der Waals surface area contributed by atoms with Crippen LogP contribution in [0.2, 0.25) is 0 Å². The summed E-state index contributed by atoms with van der Waals surface area (Å²) in [6, 6.07) is 8.85. The van der Waals surface area contributed by atoms with Crippen LogP contribution in [-0.2, 0) is 13.2 Å². The fraction of sp³-hybridized carbons (Fsp3) is 0.150. The van der Waals surface area contributed by atoms with Gasteiger partial charge in [0.2, 0.25) is 0 Å². The molecule has 0 aliphatic rings. The summed E-state index contributed by atoms with van der Waals surface area (Å²) in [5, 5.41) is 9.13. The van der Waals surface area contributed by atoms with Crippen LogP contribution < -0.4 is 16.4 Å². The molecule has 0 spiro atoms. The van der Waals surface area contributed by atoms with Gasteiger partial charge in [0.05, 0.1) is 11.8 Å². The third kappa shape index (κ3) is 4.43. The maximum atomic E-state index is 12.9. The SMILES string of the molecule is Cc1ccc(NC(=O)c2cccc(C(F)(F)F)c2)cc1NC(=O)c1cnn(C)c1N. The van der Waals surface area contributed by atoms with Crippen LogP contribution in [0, 0.1) is 6.92 Å². The van der Waals surface area contributed by atoms with Crippen LogP contribution >= 0.6 is 0 Å². The van der Waals surface area contributed by atoms with Gasteiger partial charge in [0.15, 0.2) is 0 Å². The molecule has 0 saturated carbocycles. The number of rotatable bonds is 4. The number of aryl methyl sites for hydroxylation is 2. The topological polar surface area (TPSA) is 102 Å². The van der Waals surface area contributed by atoms with Gasteiger partial charge in [-0.25, -0.2) is 0 Å². The molecule has 156 valence electrons. The van der Waals surface area contributed by atoms with Crippen LogP contribution in [0.25, 0.3) is 0 Å². The molecule has 4 N–H and O–H groups in total. The number of halogens is 3. The van der Waals surface area contributed by atoms with Gasteiger partial charge in [-0.2, -0.15) is 18.3 Å². The minimum atomic E-state index is -4.55. The lowest BCUT2D eigenvalue weighted by molar-refractivity contribution is -0.137. The average molecular weight is 417 g/mol. The number of benzene rings is 2. The zero-order valence-corrected chi connectivity index (χ0v) is 16.0. The molecule has 3 aromatic rings. The van der Waals surface area contributed by atoms with Crippen LogP contribution in [0.4, 0.5) is 30.4 Å². The van der Waals surface area contributed by atoms with E-state index in [1.807, 2.05) is 0 Å². The van der Waals surface area contributed by atoms with E-state index in [2.05, 4.69) is 15.7 Å². The van der Waals surface area contributed by atoms with Crippen molar-refractivity contribution in [1.29, 1.82) is 0 Å². The number of nitrogen functional groups attached to an aromatic ring is 1. The maximum Gasteiger partial charge on any atom is 0.416 e. The number of nitrogens with two attached hydrogens (primary N) is 1. The highest BCUT2D eigenvalue weighted by Crippen LogP contribution is 2.30. The van der Waals surface area contributed by atoms with Gasteiger partial charge in [0, 0.05) is 24.0 Å². The fourth-order valence-corrected chi connectivity index (χ4v) is 2.69. The van der Waals surface area contributed by atoms with Crippen LogP contribution in [0.5, 0.6) is 0 Å². The number of nitrogens with one attached hydrogen (secondary N) is 2. The van der Waals surface area contributed by atoms with Crippen LogP contribution in [0.1, 0.15) is 31.8 Å². The molecule has 0 atom stereocenters. The summed E-state index contributed by atoms with van der Waals surface area (Å²) in [6.45, 7) is 1.75. The standard InChI is InChI=1S/C20H18F3N5O2/c1-11-6-7-14(9-16(11)27-19(30)15-10-25-28(2)17(15)24)26-18(29)12-4-3-5-13(8-12)20(21,22)23/h3-10H,24H2,1-2H3,(H,26,29)(H,27,30). The quantitative estimate of drug-likeness (QED) is 0.600. The van der Waals surface area contributed by atoms with Crippen LogP contribution in [0.3, 0.4) is 0 Å². The number of carbonyl (C=O) groups excluding carboxylic acids is 2. The van der Waals surface area contributed by atoms with E-state index in [9.17, 15) is 22.8 Å². The lowest BCUT2D eigenvalue weighted by Gasteiger charge is -2.12.